The van der Waals surface area contributed by atoms with Crippen LogP contribution in [0.4, 0.5) is 5.69 Å². The van der Waals surface area contributed by atoms with E-state index in [0.717, 1.165) is 18.8 Å². The minimum Gasteiger partial charge on any atom is -0.468 e. The third kappa shape index (κ3) is 6.21. The molecule has 0 aliphatic heterocycles. The molecule has 0 bridgehead atoms. The van der Waals surface area contributed by atoms with Crippen LogP contribution in [0.25, 0.3) is 0 Å². The van der Waals surface area contributed by atoms with Gasteiger partial charge < -0.3 is 9.73 Å². The van der Waals surface area contributed by atoms with Crippen molar-refractivity contribution < 1.29 is 17.6 Å². The van der Waals surface area contributed by atoms with Crippen LogP contribution in [0.15, 0.2) is 52.0 Å². The maximum absolute atomic E-state index is 12.4. The average molecular weight is 405 g/mol. The Morgan fingerprint density at radius 2 is 1.93 bits per heavy atom. The second kappa shape index (κ2) is 9.89. The van der Waals surface area contributed by atoms with Crippen LogP contribution in [-0.2, 0) is 21.4 Å². The Balaban J connectivity index is 1.49. The van der Waals surface area contributed by atoms with E-state index in [1.165, 1.54) is 50.5 Å². The number of sulfonamides is 1. The van der Waals surface area contributed by atoms with Crippen molar-refractivity contribution in [2.24, 2.45) is 5.92 Å². The number of hydrogen-bond donors (Lipinski definition) is 2. The van der Waals surface area contributed by atoms with Gasteiger partial charge in [0.05, 0.1) is 17.7 Å². The minimum absolute atomic E-state index is 0.0751. The average Bonchev–Trinajstić information content (AvgIpc) is 3.21. The summed E-state index contributed by atoms with van der Waals surface area (Å²) in [6, 6.07) is 9.71. The number of benzene rings is 1. The van der Waals surface area contributed by atoms with E-state index in [4.69, 9.17) is 4.42 Å². The highest BCUT2D eigenvalue weighted by Crippen LogP contribution is 2.27. The van der Waals surface area contributed by atoms with Gasteiger partial charge in [-0.25, -0.2) is 13.1 Å². The molecule has 0 saturated heterocycles. The molecule has 0 atom stereocenters. The van der Waals surface area contributed by atoms with Gasteiger partial charge in [0.1, 0.15) is 5.76 Å². The Hall–Kier alpha value is -2.12. The Labute approximate surface area is 166 Å². The van der Waals surface area contributed by atoms with Gasteiger partial charge in [-0.1, -0.05) is 38.2 Å². The maximum atomic E-state index is 12.4. The van der Waals surface area contributed by atoms with E-state index in [2.05, 4.69) is 10.0 Å². The van der Waals surface area contributed by atoms with Gasteiger partial charge in [0, 0.05) is 12.1 Å². The zero-order chi connectivity index (χ0) is 19.8. The first-order valence-electron chi connectivity index (χ1n) is 9.95. The van der Waals surface area contributed by atoms with Gasteiger partial charge in [0.2, 0.25) is 15.9 Å². The minimum atomic E-state index is -3.69. The molecule has 1 aliphatic rings. The van der Waals surface area contributed by atoms with E-state index >= 15 is 0 Å². The van der Waals surface area contributed by atoms with Crippen molar-refractivity contribution in [2.75, 3.05) is 5.32 Å². The number of amides is 1. The fraction of sp³-hybridized carbons (Fsp3) is 0.476. The molecular formula is C21H28N2O4S. The summed E-state index contributed by atoms with van der Waals surface area (Å²) < 4.78 is 32.5. The van der Waals surface area contributed by atoms with Crippen LogP contribution >= 0.6 is 0 Å². The first kappa shape index (κ1) is 20.6. The highest BCUT2D eigenvalue weighted by molar-refractivity contribution is 7.89. The van der Waals surface area contributed by atoms with E-state index in [-0.39, 0.29) is 17.3 Å². The third-order valence-electron chi connectivity index (χ3n) is 5.19. The maximum Gasteiger partial charge on any atom is 0.241 e. The van der Waals surface area contributed by atoms with Crippen LogP contribution in [0, 0.1) is 5.92 Å². The fourth-order valence-corrected chi connectivity index (χ4v) is 4.69. The molecule has 3 rings (SSSR count). The summed E-state index contributed by atoms with van der Waals surface area (Å²) in [5.41, 5.74) is 0.489. The molecule has 0 spiro atoms. The molecule has 1 saturated carbocycles. The molecule has 0 radical (unpaired) electrons. The first-order chi connectivity index (χ1) is 13.5. The largest absolute Gasteiger partial charge is 0.468 e. The van der Waals surface area contributed by atoms with Gasteiger partial charge in [0.15, 0.2) is 0 Å². The number of furan rings is 1. The Bertz CT molecular complexity index is 856. The molecule has 152 valence electrons. The lowest BCUT2D eigenvalue weighted by Gasteiger charge is -2.21. The molecule has 6 nitrogen and oxygen atoms in total. The quantitative estimate of drug-likeness (QED) is 0.646. The van der Waals surface area contributed by atoms with Gasteiger partial charge in [0.25, 0.3) is 0 Å². The molecule has 7 heteroatoms. The summed E-state index contributed by atoms with van der Waals surface area (Å²) in [4.78, 5) is 12.3. The number of nitrogens with one attached hydrogen (secondary N) is 2. The molecule has 1 aromatic carbocycles. The van der Waals surface area contributed by atoms with Crippen LogP contribution in [0.3, 0.4) is 0 Å². The molecule has 1 fully saturated rings. The number of carbonyl (C=O) groups excluding carboxylic acids is 1. The van der Waals surface area contributed by atoms with Crippen molar-refractivity contribution in [3.05, 3.63) is 48.4 Å². The Morgan fingerprint density at radius 3 is 2.68 bits per heavy atom. The molecule has 28 heavy (non-hydrogen) atoms. The summed E-state index contributed by atoms with van der Waals surface area (Å²) in [5.74, 6) is 1.22. The van der Waals surface area contributed by atoms with Gasteiger partial charge in [-0.3, -0.25) is 4.79 Å². The van der Waals surface area contributed by atoms with Crippen molar-refractivity contribution >= 4 is 21.6 Å². The summed E-state index contributed by atoms with van der Waals surface area (Å²) in [5, 5.41) is 2.81. The smallest absolute Gasteiger partial charge is 0.241 e. The van der Waals surface area contributed by atoms with Crippen LogP contribution in [-0.4, -0.2) is 14.3 Å². The highest BCUT2D eigenvalue weighted by Gasteiger charge is 2.16. The van der Waals surface area contributed by atoms with Crippen molar-refractivity contribution in [3.8, 4) is 0 Å². The lowest BCUT2D eigenvalue weighted by molar-refractivity contribution is -0.116. The van der Waals surface area contributed by atoms with E-state index in [1.54, 1.807) is 24.3 Å². The van der Waals surface area contributed by atoms with E-state index in [9.17, 15) is 13.2 Å². The second-order valence-corrected chi connectivity index (χ2v) is 9.14. The lowest BCUT2D eigenvalue weighted by Crippen LogP contribution is -2.23. The molecule has 0 unspecified atom stereocenters. The highest BCUT2D eigenvalue weighted by atomic mass is 32.2. The third-order valence-corrected chi connectivity index (χ3v) is 6.58. The number of rotatable bonds is 9. The fourth-order valence-electron chi connectivity index (χ4n) is 3.65. The van der Waals surface area contributed by atoms with Gasteiger partial charge in [-0.15, -0.1) is 0 Å². The lowest BCUT2D eigenvalue weighted by atomic mass is 9.86. The summed E-state index contributed by atoms with van der Waals surface area (Å²) in [6.07, 6.45) is 10.5. The topological polar surface area (TPSA) is 88.4 Å². The normalized spacial score (nSPS) is 15.4. The summed E-state index contributed by atoms with van der Waals surface area (Å²) in [6.45, 7) is 0.0765. The number of anilines is 1. The van der Waals surface area contributed by atoms with Gasteiger partial charge in [-0.05, 0) is 49.1 Å². The molecular weight excluding hydrogens is 376 g/mol. The predicted molar refractivity (Wildman–Crippen MR) is 108 cm³/mol. The molecule has 1 heterocycles. The van der Waals surface area contributed by atoms with Crippen molar-refractivity contribution in [2.45, 2.75) is 62.8 Å². The first-order valence-corrected chi connectivity index (χ1v) is 11.4. The van der Waals surface area contributed by atoms with E-state index in [1.807, 2.05) is 0 Å². The zero-order valence-corrected chi connectivity index (χ0v) is 16.8. The summed E-state index contributed by atoms with van der Waals surface area (Å²) >= 11 is 0. The van der Waals surface area contributed by atoms with Crippen LogP contribution < -0.4 is 10.0 Å². The number of carbonyl (C=O) groups is 1. The van der Waals surface area contributed by atoms with E-state index < -0.39 is 10.0 Å². The summed E-state index contributed by atoms with van der Waals surface area (Å²) in [7, 11) is -3.69. The zero-order valence-electron chi connectivity index (χ0n) is 16.0. The van der Waals surface area contributed by atoms with Crippen molar-refractivity contribution in [1.29, 1.82) is 0 Å². The molecule has 1 aromatic heterocycles. The molecule has 1 amide bonds. The molecule has 2 N–H and O–H groups in total. The van der Waals surface area contributed by atoms with Gasteiger partial charge in [-0.2, -0.15) is 0 Å². The van der Waals surface area contributed by atoms with Crippen LogP contribution in [0.2, 0.25) is 0 Å². The predicted octanol–water partition coefficient (Wildman–Crippen LogP) is 4.45. The van der Waals surface area contributed by atoms with Crippen molar-refractivity contribution in [1.82, 2.24) is 4.72 Å². The number of hydrogen-bond acceptors (Lipinski definition) is 4. The standard InChI is InChI=1S/C21H28N2O4S/c24-21(13-4-9-17-7-2-1-3-8-17)23-18-10-5-12-20(15-18)28(25,26)22-16-19-11-6-14-27-19/h5-6,10-12,14-15,17,22H,1-4,7-9,13,16H2,(H,23,24). The Morgan fingerprint density at radius 1 is 1.11 bits per heavy atom. The van der Waals surface area contributed by atoms with E-state index in [0.29, 0.717) is 17.9 Å². The van der Waals surface area contributed by atoms with Crippen LogP contribution in [0.5, 0.6) is 0 Å². The van der Waals surface area contributed by atoms with Crippen LogP contribution in [0.1, 0.15) is 57.1 Å². The molecule has 2 aromatic rings. The second-order valence-electron chi connectivity index (χ2n) is 7.38. The van der Waals surface area contributed by atoms with Crippen molar-refractivity contribution in [3.63, 3.8) is 0 Å². The SMILES string of the molecule is O=C(CCCC1CCCCC1)Nc1cccc(S(=O)(=O)NCc2ccco2)c1. The Kier molecular flexibility index (Phi) is 7.28. The molecule has 1 aliphatic carbocycles. The van der Waals surface area contributed by atoms with Gasteiger partial charge >= 0.3 is 0 Å². The monoisotopic (exact) mass is 404 g/mol.